The quantitative estimate of drug-likeness (QED) is 0.176. The summed E-state index contributed by atoms with van der Waals surface area (Å²) in [6, 6.07) is 26.1. The molecule has 3 rings (SSSR count). The summed E-state index contributed by atoms with van der Waals surface area (Å²) in [6.07, 6.45) is 1.08. The number of urea groups is 1. The Balaban J connectivity index is 1.67. The molecule has 5 N–H and O–H groups in total. The second-order valence-electron chi connectivity index (χ2n) is 9.73. The number of hydrogen-bond acceptors (Lipinski definition) is 6. The Hall–Kier alpha value is -4.63. The Morgan fingerprint density at radius 3 is 1.80 bits per heavy atom. The molecule has 0 unspecified atom stereocenters. The molecule has 0 bridgehead atoms. The fourth-order valence-electron chi connectivity index (χ4n) is 4.43. The van der Waals surface area contributed by atoms with Crippen LogP contribution in [-0.4, -0.2) is 41.8 Å². The number of hydrazone groups is 1. The van der Waals surface area contributed by atoms with Crippen LogP contribution in [0.15, 0.2) is 96.1 Å². The zero-order chi connectivity index (χ0) is 29.6. The van der Waals surface area contributed by atoms with Crippen molar-refractivity contribution in [2.75, 3.05) is 6.54 Å². The second kappa shape index (κ2) is 15.8. The topological polar surface area (TPSA) is 143 Å². The Morgan fingerprint density at radius 1 is 0.805 bits per heavy atom. The number of carbonyl (C=O) groups is 4. The molecule has 0 heterocycles. The van der Waals surface area contributed by atoms with Crippen molar-refractivity contribution in [1.82, 2.24) is 16.1 Å². The first-order valence-corrected chi connectivity index (χ1v) is 13.6. The number of nitrogens with zero attached hydrogens (tertiary/aromatic N) is 1. The van der Waals surface area contributed by atoms with Crippen molar-refractivity contribution in [1.29, 1.82) is 0 Å². The molecule has 0 radical (unpaired) electrons. The monoisotopic (exact) mass is 555 g/mol. The molecule has 9 nitrogen and oxygen atoms in total. The number of Topliss-reactive ketones (excluding diaryl/α,β-unsaturated/α-hetero) is 2. The van der Waals surface area contributed by atoms with Crippen molar-refractivity contribution < 1.29 is 19.2 Å². The molecule has 41 heavy (non-hydrogen) atoms. The predicted molar refractivity (Wildman–Crippen MR) is 159 cm³/mol. The highest BCUT2D eigenvalue weighted by molar-refractivity contribution is 6.41. The molecule has 0 aliphatic rings. The largest absolute Gasteiger partial charge is 0.344 e. The molecule has 0 aliphatic carbocycles. The van der Waals surface area contributed by atoms with E-state index >= 15 is 0 Å². The van der Waals surface area contributed by atoms with Gasteiger partial charge in [0.25, 0.3) is 5.91 Å². The minimum atomic E-state index is -0.760. The molecule has 3 aromatic carbocycles. The fraction of sp³-hybridized carbons (Fsp3) is 0.281. The fourth-order valence-corrected chi connectivity index (χ4v) is 4.43. The summed E-state index contributed by atoms with van der Waals surface area (Å²) in [7, 11) is 0. The van der Waals surface area contributed by atoms with Gasteiger partial charge in [0.2, 0.25) is 0 Å². The Bertz CT molecular complexity index is 1290. The van der Waals surface area contributed by atoms with Gasteiger partial charge in [-0.15, -0.1) is 0 Å². The molecule has 0 aliphatic heterocycles. The van der Waals surface area contributed by atoms with Gasteiger partial charge in [-0.3, -0.25) is 14.4 Å². The molecule has 3 amide bonds. The number of ketones is 2. The first-order chi connectivity index (χ1) is 19.8. The molecule has 0 fully saturated rings. The summed E-state index contributed by atoms with van der Waals surface area (Å²) in [5.74, 6) is -1.71. The minimum absolute atomic E-state index is 0.0475. The third-order valence-electron chi connectivity index (χ3n) is 6.57. The highest BCUT2D eigenvalue weighted by atomic mass is 16.2. The van der Waals surface area contributed by atoms with E-state index in [9.17, 15) is 19.2 Å². The van der Waals surface area contributed by atoms with Crippen LogP contribution in [0.2, 0.25) is 0 Å². The molecule has 0 spiro atoms. The smallest absolute Gasteiger partial charge is 0.335 e. The molecule has 3 aromatic rings. The second-order valence-corrected chi connectivity index (χ2v) is 9.73. The molecule has 0 aromatic heterocycles. The van der Waals surface area contributed by atoms with E-state index in [1.807, 2.05) is 73.7 Å². The van der Waals surface area contributed by atoms with E-state index in [0.29, 0.717) is 12.8 Å². The van der Waals surface area contributed by atoms with E-state index in [1.54, 1.807) is 24.3 Å². The number of nitrogens with one attached hydrogen (secondary N) is 3. The lowest BCUT2D eigenvalue weighted by Crippen LogP contribution is -2.46. The number of hydrogen-bond donors (Lipinski definition) is 4. The van der Waals surface area contributed by atoms with Crippen molar-refractivity contribution in [3.05, 3.63) is 108 Å². The minimum Gasteiger partial charge on any atom is -0.344 e. The van der Waals surface area contributed by atoms with Gasteiger partial charge in [-0.25, -0.2) is 10.2 Å². The molecule has 0 saturated heterocycles. The number of rotatable bonds is 14. The van der Waals surface area contributed by atoms with Crippen LogP contribution >= 0.6 is 0 Å². The van der Waals surface area contributed by atoms with Gasteiger partial charge in [-0.05, 0) is 30.0 Å². The Morgan fingerprint density at radius 2 is 1.32 bits per heavy atom. The lowest BCUT2D eigenvalue weighted by molar-refractivity contribution is -0.125. The summed E-state index contributed by atoms with van der Waals surface area (Å²) in [6.45, 7) is 3.05. The maximum absolute atomic E-state index is 13.0. The standard InChI is InChI=1S/C32H37N5O4/c1-3-13-28(33)30(31(40)34-21-26(39)20-27(22(2)38)23-14-7-4-8-15-23)36-37-32(41)35-29(24-16-9-5-10-17-24)25-18-11-6-12-19-25/h4-12,14-19,27-29H,3,13,20-21,33H2,1-2H3,(H,34,40)(H2,35,37,41)/t27-,28+/m1/s1. The molecule has 214 valence electrons. The number of amides is 3. The van der Waals surface area contributed by atoms with Gasteiger partial charge in [0.1, 0.15) is 11.5 Å². The average molecular weight is 556 g/mol. The molecule has 2 atom stereocenters. The highest BCUT2D eigenvalue weighted by Crippen LogP contribution is 2.22. The van der Waals surface area contributed by atoms with Gasteiger partial charge < -0.3 is 16.4 Å². The van der Waals surface area contributed by atoms with Crippen LogP contribution in [0.1, 0.15) is 61.8 Å². The van der Waals surface area contributed by atoms with Gasteiger partial charge in [0.15, 0.2) is 5.78 Å². The van der Waals surface area contributed by atoms with Crippen LogP contribution in [0.25, 0.3) is 0 Å². The maximum atomic E-state index is 13.0. The number of nitrogens with two attached hydrogens (primary N) is 1. The van der Waals surface area contributed by atoms with Gasteiger partial charge in [-0.1, -0.05) is 104 Å². The SMILES string of the molecule is CCC[C@H](N)C(=NNC(=O)NC(c1ccccc1)c1ccccc1)C(=O)NCC(=O)C[C@H](C(C)=O)c1ccccc1. The molecular formula is C32H37N5O4. The summed E-state index contributed by atoms with van der Waals surface area (Å²) < 4.78 is 0. The van der Waals surface area contributed by atoms with Crippen molar-refractivity contribution in [2.45, 2.75) is 51.1 Å². The third-order valence-corrected chi connectivity index (χ3v) is 6.57. The molecule has 0 saturated carbocycles. The van der Waals surface area contributed by atoms with E-state index in [1.165, 1.54) is 6.92 Å². The molecule has 9 heteroatoms. The van der Waals surface area contributed by atoms with Crippen LogP contribution in [0, 0.1) is 0 Å². The van der Waals surface area contributed by atoms with E-state index in [2.05, 4.69) is 21.2 Å². The molecular weight excluding hydrogens is 518 g/mol. The van der Waals surface area contributed by atoms with Crippen LogP contribution < -0.4 is 21.8 Å². The number of carbonyl (C=O) groups excluding carboxylic acids is 4. The van der Waals surface area contributed by atoms with Gasteiger partial charge in [0, 0.05) is 12.3 Å². The van der Waals surface area contributed by atoms with Crippen LogP contribution in [0.4, 0.5) is 4.79 Å². The van der Waals surface area contributed by atoms with E-state index in [4.69, 9.17) is 5.73 Å². The van der Waals surface area contributed by atoms with Crippen LogP contribution in [-0.2, 0) is 14.4 Å². The highest BCUT2D eigenvalue weighted by Gasteiger charge is 2.24. The summed E-state index contributed by atoms with van der Waals surface area (Å²) in [4.78, 5) is 50.8. The van der Waals surface area contributed by atoms with Crippen molar-refractivity contribution in [2.24, 2.45) is 10.8 Å². The van der Waals surface area contributed by atoms with Crippen molar-refractivity contribution in [3.8, 4) is 0 Å². The predicted octanol–water partition coefficient (Wildman–Crippen LogP) is 4.01. The van der Waals surface area contributed by atoms with Gasteiger partial charge >= 0.3 is 6.03 Å². The normalized spacial score (nSPS) is 12.7. The Kier molecular flexibility index (Phi) is 11.9. The van der Waals surface area contributed by atoms with Gasteiger partial charge in [0.05, 0.1) is 18.6 Å². The summed E-state index contributed by atoms with van der Waals surface area (Å²) in [5, 5.41) is 9.50. The maximum Gasteiger partial charge on any atom is 0.335 e. The lowest BCUT2D eigenvalue weighted by Gasteiger charge is -2.20. The third kappa shape index (κ3) is 9.51. The van der Waals surface area contributed by atoms with Gasteiger partial charge in [-0.2, -0.15) is 5.10 Å². The first-order valence-electron chi connectivity index (χ1n) is 13.6. The Labute approximate surface area is 240 Å². The van der Waals surface area contributed by atoms with Crippen LogP contribution in [0.3, 0.4) is 0 Å². The van der Waals surface area contributed by atoms with Crippen molar-refractivity contribution in [3.63, 3.8) is 0 Å². The average Bonchev–Trinajstić information content (AvgIpc) is 2.99. The summed E-state index contributed by atoms with van der Waals surface area (Å²) in [5.41, 5.74) is 11.0. The van der Waals surface area contributed by atoms with Crippen LogP contribution in [0.5, 0.6) is 0 Å². The van der Waals surface area contributed by atoms with E-state index in [0.717, 1.165) is 16.7 Å². The zero-order valence-electron chi connectivity index (χ0n) is 23.4. The summed E-state index contributed by atoms with van der Waals surface area (Å²) >= 11 is 0. The zero-order valence-corrected chi connectivity index (χ0v) is 23.4. The lowest BCUT2D eigenvalue weighted by atomic mass is 9.90. The van der Waals surface area contributed by atoms with E-state index < -0.39 is 29.9 Å². The van der Waals surface area contributed by atoms with E-state index in [-0.39, 0.29) is 30.2 Å². The van der Waals surface area contributed by atoms with Crippen molar-refractivity contribution >= 4 is 29.2 Å². The first kappa shape index (κ1) is 30.9. The number of benzene rings is 3.